The number of aliphatic hydroxyl groups is 1. The van der Waals surface area contributed by atoms with Gasteiger partial charge in [-0.05, 0) is 156 Å². The van der Waals surface area contributed by atoms with E-state index in [0.717, 1.165) is 117 Å². The molecule has 14 nitrogen and oxygen atoms in total. The second kappa shape index (κ2) is 24.9. The van der Waals surface area contributed by atoms with Gasteiger partial charge in [0, 0.05) is 35.1 Å². The van der Waals surface area contributed by atoms with E-state index >= 15 is 0 Å². The first-order valence-corrected chi connectivity index (χ1v) is 25.4. The van der Waals surface area contributed by atoms with Gasteiger partial charge in [0.25, 0.3) is 17.4 Å². The van der Waals surface area contributed by atoms with Gasteiger partial charge in [-0.25, -0.2) is 9.37 Å². The first kappa shape index (κ1) is 54.8. The molecule has 1 aliphatic carbocycles. The Labute approximate surface area is 427 Å². The predicted molar refractivity (Wildman–Crippen MR) is 276 cm³/mol. The summed E-state index contributed by atoms with van der Waals surface area (Å²) in [5, 5.41) is 25.6. The summed E-state index contributed by atoms with van der Waals surface area (Å²) in [6.07, 6.45) is 10.7. The van der Waals surface area contributed by atoms with Gasteiger partial charge in [0.1, 0.15) is 29.5 Å². The van der Waals surface area contributed by atoms with Crippen molar-refractivity contribution in [1.82, 2.24) is 24.6 Å². The summed E-state index contributed by atoms with van der Waals surface area (Å²) < 4.78 is 68.4. The maximum absolute atomic E-state index is 15.0. The van der Waals surface area contributed by atoms with Gasteiger partial charge in [-0.3, -0.25) is 23.9 Å². The lowest BCUT2D eigenvalue weighted by Gasteiger charge is -2.28. The third kappa shape index (κ3) is 14.6. The van der Waals surface area contributed by atoms with Gasteiger partial charge in [-0.15, -0.1) is 0 Å². The second-order valence-corrected chi connectivity index (χ2v) is 19.5. The molecule has 0 aliphatic heterocycles. The van der Waals surface area contributed by atoms with E-state index in [4.69, 9.17) is 14.6 Å². The van der Waals surface area contributed by atoms with Gasteiger partial charge in [-0.2, -0.15) is 18.3 Å². The van der Waals surface area contributed by atoms with E-state index in [1.807, 2.05) is 16.9 Å². The fourth-order valence-corrected chi connectivity index (χ4v) is 9.44. The number of pyridine rings is 2. The molecule has 1 aliphatic rings. The number of nitrogens with one attached hydrogen (secondary N) is 3. The molecule has 0 bridgehead atoms. The van der Waals surface area contributed by atoms with E-state index in [-0.39, 0.29) is 42.0 Å². The zero-order valence-corrected chi connectivity index (χ0v) is 42.3. The Balaban J connectivity index is 0.789. The Hall–Kier alpha value is -6.92. The molecular formula is C56H65F4N7O7. The van der Waals surface area contributed by atoms with Crippen molar-refractivity contribution < 1.29 is 46.5 Å². The Morgan fingerprint density at radius 3 is 2.26 bits per heavy atom. The van der Waals surface area contributed by atoms with Crippen LogP contribution in [0.3, 0.4) is 0 Å². The van der Waals surface area contributed by atoms with E-state index in [1.165, 1.54) is 37.6 Å². The minimum atomic E-state index is -4.70. The zero-order valence-electron chi connectivity index (χ0n) is 42.3. The molecule has 2 amide bonds. The van der Waals surface area contributed by atoms with Crippen molar-refractivity contribution in [2.75, 3.05) is 37.4 Å². The fraction of sp³-hybridized carbons (Fsp3) is 0.429. The highest BCUT2D eigenvalue weighted by atomic mass is 19.4. The maximum atomic E-state index is 15.0. The number of ether oxygens (including phenoxy) is 2. The lowest BCUT2D eigenvalue weighted by molar-refractivity contribution is -0.144. The smallest absolute Gasteiger partial charge is 0.433 e. The van der Waals surface area contributed by atoms with Gasteiger partial charge in [0.05, 0.1) is 42.1 Å². The SMILES string of the molecule is CCOC(=O)Cn1cc(NC(=O)c2ccc(-c3ccc(F)c(CCCCCCCCCNCC4CCC(n5cc6cc(NC(=O)c7cccc(C(F)(F)F)n7)c(C(C)(C)O)cc6n5)CC4)c3)cc2OC)ccc1=O. The molecule has 1 saturated carbocycles. The van der Waals surface area contributed by atoms with Crippen molar-refractivity contribution in [3.8, 4) is 16.9 Å². The van der Waals surface area contributed by atoms with Crippen molar-refractivity contribution in [1.29, 1.82) is 0 Å². The number of methoxy groups -OCH3 is 1. The number of fused-ring (bicyclic) bond motifs is 1. The van der Waals surface area contributed by atoms with Gasteiger partial charge < -0.3 is 35.1 Å². The number of rotatable bonds is 23. The van der Waals surface area contributed by atoms with Crippen molar-refractivity contribution in [3.05, 3.63) is 136 Å². The van der Waals surface area contributed by atoms with E-state index in [9.17, 15) is 41.8 Å². The highest BCUT2D eigenvalue weighted by Crippen LogP contribution is 2.36. The Bertz CT molecular complexity index is 2980. The van der Waals surface area contributed by atoms with Crippen molar-refractivity contribution in [2.24, 2.45) is 5.92 Å². The monoisotopic (exact) mass is 1020 g/mol. The van der Waals surface area contributed by atoms with Crippen LogP contribution in [0, 0.1) is 11.7 Å². The summed E-state index contributed by atoms with van der Waals surface area (Å²) in [6, 6.07) is 19.6. The van der Waals surface area contributed by atoms with Crippen LogP contribution in [0.25, 0.3) is 22.0 Å². The molecule has 3 aromatic heterocycles. The largest absolute Gasteiger partial charge is 0.496 e. The number of nitrogens with zero attached hydrogens (tertiary/aromatic N) is 4. The number of hydrogen-bond acceptors (Lipinski definition) is 10. The molecule has 1 fully saturated rings. The van der Waals surface area contributed by atoms with Crippen LogP contribution in [0.15, 0.2) is 96.1 Å². The summed E-state index contributed by atoms with van der Waals surface area (Å²) in [5.74, 6) is -1.23. The summed E-state index contributed by atoms with van der Waals surface area (Å²) in [5.41, 5.74) is 0.717. The molecule has 4 N–H and O–H groups in total. The van der Waals surface area contributed by atoms with Crippen LogP contribution in [0.4, 0.5) is 28.9 Å². The third-order valence-electron chi connectivity index (χ3n) is 13.4. The lowest BCUT2D eigenvalue weighted by atomic mass is 9.86. The molecule has 0 radical (unpaired) electrons. The van der Waals surface area contributed by atoms with Crippen molar-refractivity contribution >= 4 is 40.1 Å². The normalized spacial score (nSPS) is 15.0. The number of carbonyl (C=O) groups is 3. The Morgan fingerprint density at radius 2 is 1.54 bits per heavy atom. The van der Waals surface area contributed by atoms with Crippen molar-refractivity contribution in [2.45, 2.75) is 122 Å². The molecule has 394 valence electrons. The number of unbranched alkanes of at least 4 members (excludes halogenated alkanes) is 6. The first-order valence-electron chi connectivity index (χ1n) is 25.4. The summed E-state index contributed by atoms with van der Waals surface area (Å²) in [4.78, 5) is 54.0. The number of carbonyl (C=O) groups excluding carboxylic acids is 3. The zero-order chi connectivity index (χ0) is 53.0. The average Bonchev–Trinajstić information content (AvgIpc) is 3.79. The molecule has 6 aromatic rings. The summed E-state index contributed by atoms with van der Waals surface area (Å²) >= 11 is 0. The number of esters is 1. The van der Waals surface area contributed by atoms with Crippen molar-refractivity contribution in [3.63, 3.8) is 0 Å². The molecule has 0 atom stereocenters. The summed E-state index contributed by atoms with van der Waals surface area (Å²) in [6.45, 7) is 6.63. The minimum Gasteiger partial charge on any atom is -0.496 e. The molecule has 3 aromatic carbocycles. The van der Waals surface area contributed by atoms with E-state index in [1.54, 1.807) is 57.2 Å². The topological polar surface area (TPSA) is 179 Å². The number of alkyl halides is 3. The number of aromatic nitrogens is 4. The molecule has 0 saturated heterocycles. The summed E-state index contributed by atoms with van der Waals surface area (Å²) in [7, 11) is 1.46. The molecule has 0 unspecified atom stereocenters. The number of hydrogen-bond donors (Lipinski definition) is 4. The van der Waals surface area contributed by atoms with E-state index in [0.29, 0.717) is 40.4 Å². The van der Waals surface area contributed by atoms with Crippen LogP contribution in [-0.2, 0) is 34.3 Å². The van der Waals surface area contributed by atoms with Gasteiger partial charge in [0.2, 0.25) is 0 Å². The van der Waals surface area contributed by atoms with Crippen LogP contribution in [-0.4, -0.2) is 69.0 Å². The minimum absolute atomic E-state index is 0.182. The molecule has 18 heteroatoms. The second-order valence-electron chi connectivity index (χ2n) is 19.5. The molecular weight excluding hydrogens is 959 g/mol. The number of benzene rings is 3. The number of aryl methyl sites for hydroxylation is 1. The van der Waals surface area contributed by atoms with Crippen LogP contribution in [0.5, 0.6) is 5.75 Å². The van der Waals surface area contributed by atoms with Gasteiger partial charge >= 0.3 is 12.1 Å². The van der Waals surface area contributed by atoms with Crippen LogP contribution in [0.1, 0.15) is 135 Å². The third-order valence-corrected chi connectivity index (χ3v) is 13.4. The lowest BCUT2D eigenvalue weighted by Crippen LogP contribution is -2.28. The Kier molecular flexibility index (Phi) is 18.4. The number of amides is 2. The van der Waals surface area contributed by atoms with Crippen LogP contribution >= 0.6 is 0 Å². The van der Waals surface area contributed by atoms with E-state index < -0.39 is 40.8 Å². The predicted octanol–water partition coefficient (Wildman–Crippen LogP) is 11.0. The number of anilines is 2. The van der Waals surface area contributed by atoms with Gasteiger partial charge in [-0.1, -0.05) is 50.3 Å². The fourth-order valence-electron chi connectivity index (χ4n) is 9.44. The van der Waals surface area contributed by atoms with Crippen LogP contribution in [0.2, 0.25) is 0 Å². The molecule has 3 heterocycles. The highest BCUT2D eigenvalue weighted by molar-refractivity contribution is 6.06. The van der Waals surface area contributed by atoms with E-state index in [2.05, 4.69) is 20.9 Å². The van der Waals surface area contributed by atoms with Gasteiger partial charge in [0.15, 0.2) is 0 Å². The van der Waals surface area contributed by atoms with Crippen LogP contribution < -0.4 is 26.2 Å². The number of halogens is 4. The quantitative estimate of drug-likeness (QED) is 0.0274. The molecule has 7 rings (SSSR count). The molecule has 0 spiro atoms. The first-order chi connectivity index (χ1) is 35.4. The molecule has 74 heavy (non-hydrogen) atoms. The average molecular weight is 1020 g/mol. The Morgan fingerprint density at radius 1 is 0.824 bits per heavy atom. The highest BCUT2D eigenvalue weighted by Gasteiger charge is 2.33. The standard InChI is InChI=1S/C56H65F4N7O7/c1-5-74-52(69)35-66-34-41(21-26-51(66)68)62-53(70)43-24-19-38(30-49(43)73-4)37-20-25-45(57)39(28-37)14-11-9-7-6-8-10-12-27-61-32-36-17-22-42(23-18-36)67-33-40-29-48(44(55(2,3)72)31-47(40)65-67)64-54(71)46-15-13-16-50(63-46)56(58,59)60/h13,15-16,19-21,24-26,28-31,33-34,36,42,61,72H,5-12,14,17-18,22-23,27,32,35H2,1-4H3,(H,62,70)(H,64,71). The maximum Gasteiger partial charge on any atom is 0.433 e.